The van der Waals surface area contributed by atoms with E-state index in [2.05, 4.69) is 5.43 Å². The minimum Gasteiger partial charge on any atom is -0.464 e. The summed E-state index contributed by atoms with van der Waals surface area (Å²) in [4.78, 5) is 11.1. The summed E-state index contributed by atoms with van der Waals surface area (Å²) >= 11 is 0. The van der Waals surface area contributed by atoms with Gasteiger partial charge < -0.3 is 5.11 Å². The summed E-state index contributed by atoms with van der Waals surface area (Å²) in [5.74, 6) is -0.765. The standard InChI is InChI=1S/C17H16F4N2O2/c1-10(2)23(16(24)25)22-13-6-7-14(15(18)9-13)11-4-3-5-12(8-11)17(19,20)21/h3-10,22H,1-2H3,(H,24,25). The monoisotopic (exact) mass is 356 g/mol. The minimum atomic E-state index is -4.52. The highest BCUT2D eigenvalue weighted by atomic mass is 19.4. The van der Waals surface area contributed by atoms with Crippen LogP contribution >= 0.6 is 0 Å². The number of amides is 1. The van der Waals surface area contributed by atoms with Crippen molar-refractivity contribution in [1.82, 2.24) is 5.01 Å². The van der Waals surface area contributed by atoms with Crippen LogP contribution in [0.5, 0.6) is 0 Å². The first kappa shape index (κ1) is 18.6. The summed E-state index contributed by atoms with van der Waals surface area (Å²) < 4.78 is 52.7. The van der Waals surface area contributed by atoms with Gasteiger partial charge in [0.05, 0.1) is 17.3 Å². The molecular weight excluding hydrogens is 340 g/mol. The molecule has 4 nitrogen and oxygen atoms in total. The molecule has 0 saturated heterocycles. The topological polar surface area (TPSA) is 52.6 Å². The van der Waals surface area contributed by atoms with E-state index in [1.807, 2.05) is 0 Å². The van der Waals surface area contributed by atoms with E-state index in [9.17, 15) is 22.4 Å². The van der Waals surface area contributed by atoms with Crippen LogP contribution in [-0.4, -0.2) is 22.3 Å². The number of halogens is 4. The van der Waals surface area contributed by atoms with E-state index in [1.165, 1.54) is 24.3 Å². The number of hydrogen-bond donors (Lipinski definition) is 2. The number of hydrogen-bond acceptors (Lipinski definition) is 2. The van der Waals surface area contributed by atoms with Crippen molar-refractivity contribution < 1.29 is 27.5 Å². The highest BCUT2D eigenvalue weighted by Gasteiger charge is 2.30. The van der Waals surface area contributed by atoms with Crippen LogP contribution in [0.3, 0.4) is 0 Å². The molecule has 1 amide bonds. The van der Waals surface area contributed by atoms with Gasteiger partial charge in [0.15, 0.2) is 0 Å². The molecule has 0 unspecified atom stereocenters. The Balaban J connectivity index is 2.33. The van der Waals surface area contributed by atoms with E-state index >= 15 is 0 Å². The first-order valence-corrected chi connectivity index (χ1v) is 7.35. The summed E-state index contributed by atoms with van der Waals surface area (Å²) in [6.07, 6.45) is -5.76. The van der Waals surface area contributed by atoms with Crippen molar-refractivity contribution in [2.75, 3.05) is 5.43 Å². The third-order valence-corrected chi connectivity index (χ3v) is 3.44. The Kier molecular flexibility index (Phi) is 5.20. The van der Waals surface area contributed by atoms with Crippen LogP contribution in [0.2, 0.25) is 0 Å². The Morgan fingerprint density at radius 2 is 1.84 bits per heavy atom. The number of carbonyl (C=O) groups is 1. The average Bonchev–Trinajstić information content (AvgIpc) is 2.51. The zero-order valence-electron chi connectivity index (χ0n) is 13.4. The first-order valence-electron chi connectivity index (χ1n) is 7.35. The molecule has 134 valence electrons. The molecule has 0 atom stereocenters. The first-order chi connectivity index (χ1) is 11.6. The van der Waals surface area contributed by atoms with Crippen LogP contribution in [0.15, 0.2) is 42.5 Å². The van der Waals surface area contributed by atoms with Crippen LogP contribution in [0.1, 0.15) is 19.4 Å². The van der Waals surface area contributed by atoms with Gasteiger partial charge >= 0.3 is 12.3 Å². The van der Waals surface area contributed by atoms with Gasteiger partial charge in [-0.05, 0) is 49.7 Å². The second-order valence-electron chi connectivity index (χ2n) is 5.63. The third-order valence-electron chi connectivity index (χ3n) is 3.44. The SMILES string of the molecule is CC(C)N(Nc1ccc(-c2cccc(C(F)(F)F)c2)c(F)c1)C(=O)O. The quantitative estimate of drug-likeness (QED) is 0.583. The van der Waals surface area contributed by atoms with Crippen LogP contribution < -0.4 is 5.43 Å². The molecule has 0 aliphatic rings. The molecule has 0 aliphatic carbocycles. The van der Waals surface area contributed by atoms with Gasteiger partial charge in [0, 0.05) is 5.56 Å². The molecule has 0 heterocycles. The van der Waals surface area contributed by atoms with Gasteiger partial charge in [0.25, 0.3) is 0 Å². The van der Waals surface area contributed by atoms with Crippen molar-refractivity contribution in [2.45, 2.75) is 26.1 Å². The molecule has 2 aromatic rings. The maximum absolute atomic E-state index is 14.3. The van der Waals surface area contributed by atoms with E-state index in [-0.39, 0.29) is 16.8 Å². The molecule has 2 N–H and O–H groups in total. The lowest BCUT2D eigenvalue weighted by molar-refractivity contribution is -0.137. The highest BCUT2D eigenvalue weighted by Crippen LogP contribution is 2.33. The predicted molar refractivity (Wildman–Crippen MR) is 85.5 cm³/mol. The largest absolute Gasteiger partial charge is 0.464 e. The summed E-state index contributed by atoms with van der Waals surface area (Å²) in [5.41, 5.74) is 1.92. The fourth-order valence-electron chi connectivity index (χ4n) is 2.22. The van der Waals surface area contributed by atoms with Crippen molar-refractivity contribution in [1.29, 1.82) is 0 Å². The molecule has 2 rings (SSSR count). The van der Waals surface area contributed by atoms with Gasteiger partial charge in [-0.15, -0.1) is 0 Å². The molecule has 0 aromatic heterocycles. The Morgan fingerprint density at radius 1 is 1.16 bits per heavy atom. The molecule has 0 saturated carbocycles. The van der Waals surface area contributed by atoms with Crippen LogP contribution in [0, 0.1) is 5.82 Å². The number of benzene rings is 2. The molecular formula is C17H16F4N2O2. The van der Waals surface area contributed by atoms with E-state index in [0.29, 0.717) is 0 Å². The van der Waals surface area contributed by atoms with E-state index < -0.39 is 29.7 Å². The lowest BCUT2D eigenvalue weighted by Gasteiger charge is -2.25. The Bertz CT molecular complexity index is 775. The van der Waals surface area contributed by atoms with Crippen molar-refractivity contribution >= 4 is 11.8 Å². The minimum absolute atomic E-state index is 0.0110. The van der Waals surface area contributed by atoms with Crippen LogP contribution in [0.4, 0.5) is 28.0 Å². The molecule has 2 aromatic carbocycles. The number of anilines is 1. The Morgan fingerprint density at radius 3 is 2.36 bits per heavy atom. The van der Waals surface area contributed by atoms with Crippen LogP contribution in [0.25, 0.3) is 11.1 Å². The molecule has 0 fully saturated rings. The second-order valence-corrected chi connectivity index (χ2v) is 5.63. The second kappa shape index (κ2) is 7.00. The summed E-state index contributed by atoms with van der Waals surface area (Å²) in [7, 11) is 0. The molecule has 0 radical (unpaired) electrons. The van der Waals surface area contributed by atoms with Gasteiger partial charge in [-0.3, -0.25) is 5.43 Å². The number of rotatable bonds is 4. The summed E-state index contributed by atoms with van der Waals surface area (Å²) in [6.45, 7) is 3.27. The predicted octanol–water partition coefficient (Wildman–Crippen LogP) is 5.23. The highest BCUT2D eigenvalue weighted by molar-refractivity contribution is 5.70. The lowest BCUT2D eigenvalue weighted by Crippen LogP contribution is -2.40. The molecule has 0 aliphatic heterocycles. The zero-order chi connectivity index (χ0) is 18.8. The number of nitrogens with one attached hydrogen (secondary N) is 1. The van der Waals surface area contributed by atoms with Crippen molar-refractivity contribution in [3.63, 3.8) is 0 Å². The number of alkyl halides is 3. The Hall–Kier alpha value is -2.77. The van der Waals surface area contributed by atoms with E-state index in [0.717, 1.165) is 23.2 Å². The Labute approximate surface area is 141 Å². The van der Waals surface area contributed by atoms with E-state index in [4.69, 9.17) is 5.11 Å². The fraction of sp³-hybridized carbons (Fsp3) is 0.235. The van der Waals surface area contributed by atoms with Gasteiger partial charge in [0.1, 0.15) is 5.82 Å². The number of hydrazine groups is 1. The third kappa shape index (κ3) is 4.40. The maximum atomic E-state index is 14.3. The lowest BCUT2D eigenvalue weighted by atomic mass is 10.0. The van der Waals surface area contributed by atoms with Crippen molar-refractivity contribution in [3.05, 3.63) is 53.8 Å². The molecule has 0 bridgehead atoms. The van der Waals surface area contributed by atoms with Gasteiger partial charge in [-0.25, -0.2) is 14.2 Å². The number of nitrogens with zero attached hydrogens (tertiary/aromatic N) is 1. The van der Waals surface area contributed by atoms with Crippen molar-refractivity contribution in [2.24, 2.45) is 0 Å². The summed E-state index contributed by atoms with van der Waals surface area (Å²) in [5, 5.41) is 9.96. The maximum Gasteiger partial charge on any atom is 0.426 e. The van der Waals surface area contributed by atoms with Gasteiger partial charge in [-0.1, -0.05) is 12.1 Å². The number of carboxylic acid groups (broad SMARTS) is 1. The van der Waals surface area contributed by atoms with Crippen LogP contribution in [-0.2, 0) is 6.18 Å². The molecule has 0 spiro atoms. The average molecular weight is 356 g/mol. The van der Waals surface area contributed by atoms with Crippen molar-refractivity contribution in [3.8, 4) is 11.1 Å². The molecule has 25 heavy (non-hydrogen) atoms. The van der Waals surface area contributed by atoms with E-state index in [1.54, 1.807) is 13.8 Å². The summed E-state index contributed by atoms with van der Waals surface area (Å²) in [6, 6.07) is 7.68. The smallest absolute Gasteiger partial charge is 0.426 e. The zero-order valence-corrected chi connectivity index (χ0v) is 13.4. The van der Waals surface area contributed by atoms with Gasteiger partial charge in [-0.2, -0.15) is 13.2 Å². The molecule has 8 heteroatoms. The fourth-order valence-corrected chi connectivity index (χ4v) is 2.22. The van der Waals surface area contributed by atoms with Gasteiger partial charge in [0.2, 0.25) is 0 Å². The normalized spacial score (nSPS) is 11.5.